The van der Waals surface area contributed by atoms with Crippen molar-refractivity contribution in [2.75, 3.05) is 46.5 Å². The Balaban J connectivity index is 1.77. The Morgan fingerprint density at radius 1 is 1.31 bits per heavy atom. The van der Waals surface area contributed by atoms with E-state index in [0.717, 1.165) is 37.8 Å². The molecule has 2 heterocycles. The molecule has 1 fully saturated rings. The number of piperidine rings is 1. The molecule has 0 bridgehead atoms. The van der Waals surface area contributed by atoms with E-state index in [1.54, 1.807) is 0 Å². The zero-order valence-electron chi connectivity index (χ0n) is 19.9. The Kier molecular flexibility index (Phi) is 7.80. The molecule has 3 N–H and O–H groups in total. The fourth-order valence-electron chi connectivity index (χ4n) is 5.05. The number of nitrogens with one attached hydrogen (secondary N) is 1. The highest BCUT2D eigenvalue weighted by Crippen LogP contribution is 2.43. The summed E-state index contributed by atoms with van der Waals surface area (Å²) in [5, 5.41) is 13.0. The standard InChI is InChI=1S/C23H36N6O2S/c1-14(2)26-23(31)29(8-6-7-27(3)4)22(30)16-9-15-10-17-18(12-24)21(25)32-20(17)11-19(15)28(5)13-16/h14-16,19H,6-11,13,25H2,1-5H3,(H,26,31)/t15-,16-,19-/m1/s1. The van der Waals surface area contributed by atoms with E-state index in [1.807, 2.05) is 27.9 Å². The topological polar surface area (TPSA) is 106 Å². The van der Waals surface area contributed by atoms with Crippen LogP contribution < -0.4 is 11.1 Å². The molecule has 3 rings (SSSR count). The average Bonchev–Trinajstić information content (AvgIpc) is 3.02. The van der Waals surface area contributed by atoms with Gasteiger partial charge in [-0.15, -0.1) is 11.3 Å². The molecule has 3 atom stereocenters. The van der Waals surface area contributed by atoms with Gasteiger partial charge >= 0.3 is 6.03 Å². The van der Waals surface area contributed by atoms with Gasteiger partial charge in [-0.2, -0.15) is 5.26 Å². The average molecular weight is 461 g/mol. The summed E-state index contributed by atoms with van der Waals surface area (Å²) in [7, 11) is 6.04. The highest BCUT2D eigenvalue weighted by atomic mass is 32.1. The third-order valence-corrected chi connectivity index (χ3v) is 7.64. The number of rotatable bonds is 6. The molecule has 8 nitrogen and oxygen atoms in total. The molecule has 176 valence electrons. The summed E-state index contributed by atoms with van der Waals surface area (Å²) in [5.74, 6) is -0.0574. The Morgan fingerprint density at radius 2 is 2.03 bits per heavy atom. The van der Waals surface area contributed by atoms with Crippen LogP contribution in [0.25, 0.3) is 0 Å². The van der Waals surface area contributed by atoms with Crippen LogP contribution in [0.5, 0.6) is 0 Å². The Hall–Kier alpha value is -2.15. The number of imide groups is 1. The van der Waals surface area contributed by atoms with Gasteiger partial charge < -0.3 is 20.9 Å². The number of carbonyl (C=O) groups excluding carboxylic acids is 2. The lowest BCUT2D eigenvalue weighted by molar-refractivity contribution is -0.136. The minimum absolute atomic E-state index is 0.0322. The van der Waals surface area contributed by atoms with Gasteiger partial charge in [0, 0.05) is 30.1 Å². The van der Waals surface area contributed by atoms with Crippen molar-refractivity contribution in [1.29, 1.82) is 5.26 Å². The number of nitrogen functional groups attached to an aromatic ring is 1. The summed E-state index contributed by atoms with van der Waals surface area (Å²) in [6.45, 7) is 5.66. The predicted octanol–water partition coefficient (Wildman–Crippen LogP) is 2.14. The highest BCUT2D eigenvalue weighted by molar-refractivity contribution is 7.16. The molecule has 1 aromatic heterocycles. The first-order valence-corrected chi connectivity index (χ1v) is 12.2. The molecule has 0 saturated carbocycles. The largest absolute Gasteiger partial charge is 0.389 e. The van der Waals surface area contributed by atoms with Crippen molar-refractivity contribution in [3.63, 3.8) is 0 Å². The molecular weight excluding hydrogens is 424 g/mol. The number of likely N-dealkylation sites (tertiary alicyclic amines) is 1. The molecule has 1 aliphatic carbocycles. The summed E-state index contributed by atoms with van der Waals surface area (Å²) in [6.07, 6.45) is 3.10. The molecule has 3 amide bonds. The van der Waals surface area contributed by atoms with E-state index in [4.69, 9.17) is 5.73 Å². The zero-order valence-corrected chi connectivity index (χ0v) is 20.7. The number of likely N-dealkylation sites (N-methyl/N-ethyl adjacent to an activating group) is 1. The number of nitrogens with two attached hydrogens (primary N) is 1. The quantitative estimate of drug-likeness (QED) is 0.674. The number of anilines is 1. The smallest absolute Gasteiger partial charge is 0.324 e. The third kappa shape index (κ3) is 5.25. The van der Waals surface area contributed by atoms with Crippen LogP contribution in [0.15, 0.2) is 0 Å². The lowest BCUT2D eigenvalue weighted by atomic mass is 9.74. The van der Waals surface area contributed by atoms with Gasteiger partial charge in [0.2, 0.25) is 5.91 Å². The van der Waals surface area contributed by atoms with Crippen LogP contribution in [0, 0.1) is 23.2 Å². The van der Waals surface area contributed by atoms with E-state index in [1.165, 1.54) is 21.1 Å². The van der Waals surface area contributed by atoms with Crippen molar-refractivity contribution in [2.24, 2.45) is 11.8 Å². The van der Waals surface area contributed by atoms with Crippen LogP contribution in [-0.4, -0.2) is 79.5 Å². The van der Waals surface area contributed by atoms with Gasteiger partial charge in [-0.25, -0.2) is 4.79 Å². The number of fused-ring (bicyclic) bond motifs is 2. The number of amides is 3. The summed E-state index contributed by atoms with van der Waals surface area (Å²) in [6, 6.07) is 2.26. The maximum Gasteiger partial charge on any atom is 0.324 e. The first kappa shape index (κ1) is 24.5. The van der Waals surface area contributed by atoms with Crippen molar-refractivity contribution >= 4 is 28.3 Å². The predicted molar refractivity (Wildman–Crippen MR) is 127 cm³/mol. The van der Waals surface area contributed by atoms with Gasteiger partial charge in [-0.1, -0.05) is 0 Å². The van der Waals surface area contributed by atoms with Crippen LogP contribution in [0.2, 0.25) is 0 Å². The number of nitrogens with zero attached hydrogens (tertiary/aromatic N) is 4. The molecule has 0 aromatic carbocycles. The molecule has 1 saturated heterocycles. The zero-order chi connectivity index (χ0) is 23.6. The second-order valence-corrected chi connectivity index (χ2v) is 10.9. The summed E-state index contributed by atoms with van der Waals surface area (Å²) in [4.78, 5) is 33.3. The maximum absolute atomic E-state index is 13.5. The summed E-state index contributed by atoms with van der Waals surface area (Å²) < 4.78 is 0. The molecule has 0 spiro atoms. The van der Waals surface area contributed by atoms with Gasteiger partial charge in [0.05, 0.1) is 11.5 Å². The van der Waals surface area contributed by atoms with E-state index < -0.39 is 0 Å². The van der Waals surface area contributed by atoms with Gasteiger partial charge in [0.15, 0.2) is 0 Å². The molecule has 0 unspecified atom stereocenters. The lowest BCUT2D eigenvalue weighted by Gasteiger charge is -2.45. The third-order valence-electron chi connectivity index (χ3n) is 6.56. The lowest BCUT2D eigenvalue weighted by Crippen LogP contribution is -2.56. The van der Waals surface area contributed by atoms with Crippen molar-refractivity contribution in [2.45, 2.75) is 51.6 Å². The fraction of sp³-hybridized carbons (Fsp3) is 0.696. The van der Waals surface area contributed by atoms with Crippen molar-refractivity contribution in [3.8, 4) is 6.07 Å². The molecule has 0 radical (unpaired) electrons. The van der Waals surface area contributed by atoms with E-state index in [0.29, 0.717) is 29.7 Å². The van der Waals surface area contributed by atoms with E-state index in [9.17, 15) is 14.9 Å². The van der Waals surface area contributed by atoms with Crippen LogP contribution in [0.1, 0.15) is 42.7 Å². The second kappa shape index (κ2) is 10.2. The highest BCUT2D eigenvalue weighted by Gasteiger charge is 2.43. The molecule has 1 aromatic rings. The number of nitriles is 1. The Morgan fingerprint density at radius 3 is 2.66 bits per heavy atom. The number of hydrogen-bond donors (Lipinski definition) is 2. The van der Waals surface area contributed by atoms with Gasteiger partial charge in [0.25, 0.3) is 0 Å². The van der Waals surface area contributed by atoms with E-state index >= 15 is 0 Å². The second-order valence-electron chi connectivity index (χ2n) is 9.71. The summed E-state index contributed by atoms with van der Waals surface area (Å²) >= 11 is 1.53. The van der Waals surface area contributed by atoms with Crippen molar-refractivity contribution in [3.05, 3.63) is 16.0 Å². The molecule has 9 heteroatoms. The first-order chi connectivity index (χ1) is 15.1. The monoisotopic (exact) mass is 460 g/mol. The van der Waals surface area contributed by atoms with E-state index in [2.05, 4.69) is 28.2 Å². The van der Waals surface area contributed by atoms with E-state index in [-0.39, 0.29) is 29.8 Å². The normalized spacial score (nSPS) is 22.9. The van der Waals surface area contributed by atoms with Crippen molar-refractivity contribution < 1.29 is 9.59 Å². The molecule has 32 heavy (non-hydrogen) atoms. The minimum atomic E-state index is -0.308. The van der Waals surface area contributed by atoms with Gasteiger partial charge in [-0.3, -0.25) is 9.69 Å². The van der Waals surface area contributed by atoms with Crippen molar-refractivity contribution in [1.82, 2.24) is 20.0 Å². The maximum atomic E-state index is 13.5. The molecular formula is C23H36N6O2S. The first-order valence-electron chi connectivity index (χ1n) is 11.4. The van der Waals surface area contributed by atoms with Gasteiger partial charge in [0.1, 0.15) is 11.1 Å². The minimum Gasteiger partial charge on any atom is -0.389 e. The van der Waals surface area contributed by atoms with Crippen LogP contribution in [0.3, 0.4) is 0 Å². The number of urea groups is 1. The van der Waals surface area contributed by atoms with Crippen LogP contribution >= 0.6 is 11.3 Å². The van der Waals surface area contributed by atoms with Crippen LogP contribution in [0.4, 0.5) is 9.80 Å². The fourth-order valence-corrected chi connectivity index (χ4v) is 6.15. The molecule has 1 aliphatic heterocycles. The molecule has 2 aliphatic rings. The Bertz CT molecular complexity index is 890. The number of hydrogen-bond acceptors (Lipinski definition) is 7. The number of thiophene rings is 1. The summed E-state index contributed by atoms with van der Waals surface area (Å²) in [5.41, 5.74) is 7.77. The van der Waals surface area contributed by atoms with Crippen LogP contribution in [-0.2, 0) is 17.6 Å². The Labute approximate surface area is 195 Å². The SMILES string of the molecule is CC(C)NC(=O)N(CCCN(C)C)C(=O)[C@@H]1C[C@@H]2Cc3c(sc(N)c3C#N)C[C@H]2N(C)C1. The van der Waals surface area contributed by atoms with Gasteiger partial charge in [-0.05, 0) is 78.7 Å². The number of carbonyl (C=O) groups is 2.